The van der Waals surface area contributed by atoms with Gasteiger partial charge in [-0.2, -0.15) is 5.10 Å². The van der Waals surface area contributed by atoms with Crippen molar-refractivity contribution in [1.82, 2.24) is 14.5 Å². The monoisotopic (exact) mass is 505 g/mol. The van der Waals surface area contributed by atoms with E-state index in [0.29, 0.717) is 23.0 Å². The molecule has 2 aromatic heterocycles. The molecule has 0 spiro atoms. The van der Waals surface area contributed by atoms with Crippen LogP contribution in [-0.2, 0) is 0 Å². The fraction of sp³-hybridized carbons (Fsp3) is 0.0952. The molecule has 4 rings (SSSR count). The summed E-state index contributed by atoms with van der Waals surface area (Å²) < 4.78 is 16.8. The molecule has 0 amide bonds. The van der Waals surface area contributed by atoms with Crippen molar-refractivity contribution in [3.05, 3.63) is 83.4 Å². The van der Waals surface area contributed by atoms with Crippen LogP contribution in [0.25, 0.3) is 28.2 Å². The standard InChI is InChI=1S/C21H18FIN3OP/c1-3-15-16-7-8-24-18(16)10-17(22)19(15)21(27)14-6-4-5-13(9-14)20-12(2)11-25-26(20)28-23/h3-11,21,24,27-28H,1H2,2H3. The van der Waals surface area contributed by atoms with Crippen LogP contribution in [0.5, 0.6) is 0 Å². The lowest BCUT2D eigenvalue weighted by molar-refractivity contribution is 0.215. The van der Waals surface area contributed by atoms with Gasteiger partial charge in [0, 0.05) is 28.2 Å². The lowest BCUT2D eigenvalue weighted by Crippen LogP contribution is -2.06. The minimum absolute atomic E-state index is 0.236. The number of rotatable bonds is 5. The summed E-state index contributed by atoms with van der Waals surface area (Å²) in [6.45, 7) is 5.84. The zero-order valence-corrected chi connectivity index (χ0v) is 18.2. The molecule has 2 unspecified atom stereocenters. The van der Waals surface area contributed by atoms with E-state index in [4.69, 9.17) is 0 Å². The quantitative estimate of drug-likeness (QED) is 0.259. The molecule has 7 heteroatoms. The molecule has 0 saturated carbocycles. The number of aromatic nitrogens is 3. The maximum absolute atomic E-state index is 14.9. The number of nitrogens with zero attached hydrogens (tertiary/aromatic N) is 2. The first-order valence-corrected chi connectivity index (χ1v) is 12.7. The van der Waals surface area contributed by atoms with Crippen LogP contribution in [0.3, 0.4) is 0 Å². The van der Waals surface area contributed by atoms with Gasteiger partial charge < -0.3 is 10.1 Å². The van der Waals surface area contributed by atoms with Crippen LogP contribution in [-0.4, -0.2) is 19.6 Å². The topological polar surface area (TPSA) is 53.8 Å². The van der Waals surface area contributed by atoms with Gasteiger partial charge in [0.05, 0.1) is 18.3 Å². The van der Waals surface area contributed by atoms with Crippen molar-refractivity contribution in [3.63, 3.8) is 0 Å². The van der Waals surface area contributed by atoms with Crippen molar-refractivity contribution < 1.29 is 9.50 Å². The Bertz CT molecular complexity index is 1180. The summed E-state index contributed by atoms with van der Waals surface area (Å²) in [7, 11) is 0. The second-order valence-electron chi connectivity index (χ2n) is 6.53. The van der Waals surface area contributed by atoms with Crippen LogP contribution in [0.2, 0.25) is 0 Å². The molecule has 0 bridgehead atoms. The summed E-state index contributed by atoms with van der Waals surface area (Å²) in [5, 5.41) is 16.3. The van der Waals surface area contributed by atoms with Crippen LogP contribution in [0.4, 0.5) is 4.39 Å². The molecule has 0 aliphatic heterocycles. The fourth-order valence-electron chi connectivity index (χ4n) is 3.58. The van der Waals surface area contributed by atoms with Gasteiger partial charge in [0.1, 0.15) is 11.9 Å². The largest absolute Gasteiger partial charge is 0.384 e. The van der Waals surface area contributed by atoms with Gasteiger partial charge in [-0.15, -0.1) is 0 Å². The Morgan fingerprint density at radius 2 is 2.18 bits per heavy atom. The third kappa shape index (κ3) is 3.19. The van der Waals surface area contributed by atoms with Gasteiger partial charge in [0.25, 0.3) is 0 Å². The van der Waals surface area contributed by atoms with Crippen molar-refractivity contribution >= 4 is 45.4 Å². The highest BCUT2D eigenvalue weighted by Gasteiger charge is 2.22. The Morgan fingerprint density at radius 1 is 1.36 bits per heavy atom. The molecule has 0 aliphatic rings. The van der Waals surface area contributed by atoms with E-state index in [2.05, 4.69) is 38.7 Å². The number of aliphatic hydroxyl groups excluding tert-OH is 1. The van der Waals surface area contributed by atoms with Crippen molar-refractivity contribution in [2.45, 2.75) is 13.0 Å². The number of halogens is 2. The third-order valence-electron chi connectivity index (χ3n) is 4.87. The third-order valence-corrected chi connectivity index (χ3v) is 6.74. The molecule has 2 heterocycles. The SMILES string of the molecule is C=Cc1c(C(O)c2cccc(-c3c(C)cnn3PI)c2)c(F)cc2[nH]ccc12. The summed E-state index contributed by atoms with van der Waals surface area (Å²) >= 11 is 2.29. The molecule has 142 valence electrons. The number of aromatic amines is 1. The second-order valence-corrected chi connectivity index (χ2v) is 8.57. The molecular weight excluding hydrogens is 487 g/mol. The molecule has 2 N–H and O–H groups in total. The molecule has 4 nitrogen and oxygen atoms in total. The summed E-state index contributed by atoms with van der Waals surface area (Å²) in [5.41, 5.74) is 5.15. The molecule has 0 aliphatic carbocycles. The van der Waals surface area contributed by atoms with Crippen molar-refractivity contribution in [3.8, 4) is 11.3 Å². The lowest BCUT2D eigenvalue weighted by atomic mass is 9.92. The van der Waals surface area contributed by atoms with Gasteiger partial charge in [-0.1, -0.05) is 30.9 Å². The zero-order chi connectivity index (χ0) is 19.8. The van der Waals surface area contributed by atoms with Gasteiger partial charge >= 0.3 is 0 Å². The van der Waals surface area contributed by atoms with E-state index in [1.807, 2.05) is 47.9 Å². The number of H-pyrrole nitrogens is 1. The predicted molar refractivity (Wildman–Crippen MR) is 123 cm³/mol. The molecule has 0 saturated heterocycles. The van der Waals surface area contributed by atoms with Gasteiger partial charge in [0.15, 0.2) is 0 Å². The highest BCUT2D eigenvalue weighted by molar-refractivity contribution is 14.2. The minimum Gasteiger partial charge on any atom is -0.384 e. The Morgan fingerprint density at radius 3 is 2.93 bits per heavy atom. The zero-order valence-electron chi connectivity index (χ0n) is 15.1. The minimum atomic E-state index is -1.11. The van der Waals surface area contributed by atoms with E-state index in [1.54, 1.807) is 12.3 Å². The van der Waals surface area contributed by atoms with E-state index < -0.39 is 11.9 Å². The Labute approximate surface area is 176 Å². The summed E-state index contributed by atoms with van der Waals surface area (Å²) in [5.74, 6) is -0.460. The molecule has 2 atom stereocenters. The molecule has 0 fully saturated rings. The highest BCUT2D eigenvalue weighted by atomic mass is 127. The molecular formula is C21H18FIN3OP. The number of fused-ring (bicyclic) bond motifs is 1. The first kappa shape index (κ1) is 19.3. The highest BCUT2D eigenvalue weighted by Crippen LogP contribution is 2.37. The Hall–Kier alpha value is -2.02. The van der Waals surface area contributed by atoms with Gasteiger partial charge in [-0.05, 0) is 63.9 Å². The maximum Gasteiger partial charge on any atom is 0.132 e. The van der Waals surface area contributed by atoms with Crippen LogP contribution in [0.1, 0.15) is 28.4 Å². The van der Waals surface area contributed by atoms with E-state index in [-0.39, 0.29) is 5.56 Å². The van der Waals surface area contributed by atoms with Crippen molar-refractivity contribution in [2.24, 2.45) is 0 Å². The maximum atomic E-state index is 14.9. The number of aliphatic hydroxyl groups is 1. The number of benzene rings is 2. The fourth-order valence-corrected chi connectivity index (χ4v) is 5.17. The van der Waals surface area contributed by atoms with E-state index >= 15 is 0 Å². The van der Waals surface area contributed by atoms with Crippen LogP contribution < -0.4 is 0 Å². The Kier molecular flexibility index (Phi) is 5.36. The van der Waals surface area contributed by atoms with E-state index in [1.165, 1.54) is 6.07 Å². The Balaban J connectivity index is 1.85. The number of hydrogen-bond donors (Lipinski definition) is 2. The number of aryl methyl sites for hydroxylation is 1. The summed E-state index contributed by atoms with van der Waals surface area (Å²) in [6.07, 6.45) is 4.54. The lowest BCUT2D eigenvalue weighted by Gasteiger charge is -2.17. The van der Waals surface area contributed by atoms with Crippen molar-refractivity contribution in [2.75, 3.05) is 0 Å². The number of nitrogens with one attached hydrogen (secondary N) is 1. The van der Waals surface area contributed by atoms with Gasteiger partial charge in [-0.3, -0.25) is 0 Å². The first-order chi connectivity index (χ1) is 13.5. The average molecular weight is 505 g/mol. The summed E-state index contributed by atoms with van der Waals surface area (Å²) in [6, 6.07) is 10.8. The molecule has 28 heavy (non-hydrogen) atoms. The second kappa shape index (κ2) is 7.78. The molecule has 0 radical (unpaired) electrons. The normalized spacial score (nSPS) is 12.9. The average Bonchev–Trinajstić information content (AvgIpc) is 3.32. The van der Waals surface area contributed by atoms with Crippen LogP contribution in [0.15, 0.2) is 55.4 Å². The summed E-state index contributed by atoms with van der Waals surface area (Å²) in [4.78, 5) is 3.01. The van der Waals surface area contributed by atoms with Crippen molar-refractivity contribution in [1.29, 1.82) is 0 Å². The smallest absolute Gasteiger partial charge is 0.132 e. The van der Waals surface area contributed by atoms with Gasteiger partial charge in [-0.25, -0.2) is 8.84 Å². The molecule has 2 aromatic carbocycles. The van der Waals surface area contributed by atoms with Crippen LogP contribution in [0, 0.1) is 12.7 Å². The van der Waals surface area contributed by atoms with Gasteiger partial charge in [0.2, 0.25) is 0 Å². The van der Waals surface area contributed by atoms with E-state index in [0.717, 1.165) is 22.2 Å². The van der Waals surface area contributed by atoms with E-state index in [9.17, 15) is 9.50 Å². The first-order valence-electron chi connectivity index (χ1n) is 8.66. The molecule has 4 aromatic rings. The van der Waals surface area contributed by atoms with Crippen LogP contribution >= 0.6 is 28.4 Å². The predicted octanol–water partition coefficient (Wildman–Crippen LogP) is 6.00. The number of hydrogen-bond acceptors (Lipinski definition) is 2.